The van der Waals surface area contributed by atoms with E-state index in [0.717, 1.165) is 0 Å². The van der Waals surface area contributed by atoms with E-state index in [1.54, 1.807) is 19.1 Å². The van der Waals surface area contributed by atoms with E-state index in [2.05, 4.69) is 0 Å². The van der Waals surface area contributed by atoms with Gasteiger partial charge in [-0.3, -0.25) is 0 Å². The Morgan fingerprint density at radius 2 is 2.00 bits per heavy atom. The standard InChI is InChI=1S/C8H8ClO/c1-6(10)7-4-2-3-5-8(7)9/h2-6H,1H3. The topological polar surface area (TPSA) is 19.9 Å². The largest absolute Gasteiger partial charge is 0.228 e. The van der Waals surface area contributed by atoms with E-state index in [9.17, 15) is 5.11 Å². The van der Waals surface area contributed by atoms with Crippen LogP contribution >= 0.6 is 11.6 Å². The van der Waals surface area contributed by atoms with Crippen molar-refractivity contribution in [1.29, 1.82) is 0 Å². The fraction of sp³-hybridized carbons (Fsp3) is 0.250. The second kappa shape index (κ2) is 3.04. The molecule has 0 aliphatic carbocycles. The number of hydrogen-bond donors (Lipinski definition) is 0. The summed E-state index contributed by atoms with van der Waals surface area (Å²) in [5.41, 5.74) is 0.671. The molecule has 0 bridgehead atoms. The average molecular weight is 156 g/mol. The van der Waals surface area contributed by atoms with Crippen LogP contribution in [0, 0.1) is 0 Å². The fourth-order valence-corrected chi connectivity index (χ4v) is 1.09. The van der Waals surface area contributed by atoms with Crippen LogP contribution in [0.4, 0.5) is 0 Å². The Labute approximate surface area is 65.3 Å². The van der Waals surface area contributed by atoms with Crippen LogP contribution in [0.5, 0.6) is 0 Å². The van der Waals surface area contributed by atoms with E-state index in [4.69, 9.17) is 11.6 Å². The second-order valence-electron chi connectivity index (χ2n) is 2.16. The summed E-state index contributed by atoms with van der Waals surface area (Å²) >= 11 is 5.72. The van der Waals surface area contributed by atoms with Crippen molar-refractivity contribution >= 4 is 11.6 Å². The van der Waals surface area contributed by atoms with Gasteiger partial charge in [0.15, 0.2) is 0 Å². The lowest BCUT2D eigenvalue weighted by Gasteiger charge is -2.02. The Hall–Kier alpha value is -0.530. The number of halogens is 1. The molecule has 0 fully saturated rings. The highest BCUT2D eigenvalue weighted by Crippen LogP contribution is 2.21. The maximum Gasteiger partial charge on any atom is 0.117 e. The van der Waals surface area contributed by atoms with Crippen LogP contribution in [0.25, 0.3) is 0 Å². The maximum atomic E-state index is 10.9. The molecule has 0 aromatic heterocycles. The molecule has 1 rings (SSSR count). The third-order valence-corrected chi connectivity index (χ3v) is 1.69. The minimum absolute atomic E-state index is 0.560. The van der Waals surface area contributed by atoms with Crippen LogP contribution in [-0.2, 0) is 5.11 Å². The normalized spacial score (nSPS) is 13.1. The van der Waals surface area contributed by atoms with E-state index in [0.29, 0.717) is 10.6 Å². The van der Waals surface area contributed by atoms with Gasteiger partial charge >= 0.3 is 0 Å². The summed E-state index contributed by atoms with van der Waals surface area (Å²) in [6.45, 7) is 1.58. The first-order chi connectivity index (χ1) is 4.72. The van der Waals surface area contributed by atoms with Gasteiger partial charge < -0.3 is 0 Å². The summed E-state index contributed by atoms with van der Waals surface area (Å²) in [7, 11) is 0. The van der Waals surface area contributed by atoms with Gasteiger partial charge in [-0.2, -0.15) is 0 Å². The highest BCUT2D eigenvalue weighted by molar-refractivity contribution is 6.31. The zero-order chi connectivity index (χ0) is 7.56. The van der Waals surface area contributed by atoms with E-state index in [-0.39, 0.29) is 0 Å². The summed E-state index contributed by atoms with van der Waals surface area (Å²) in [6.07, 6.45) is -0.728. The summed E-state index contributed by atoms with van der Waals surface area (Å²) < 4.78 is 0. The lowest BCUT2D eigenvalue weighted by atomic mass is 10.1. The fourth-order valence-electron chi connectivity index (χ4n) is 0.805. The van der Waals surface area contributed by atoms with Crippen molar-refractivity contribution in [3.63, 3.8) is 0 Å². The van der Waals surface area contributed by atoms with Gasteiger partial charge in [-0.25, -0.2) is 5.11 Å². The summed E-state index contributed by atoms with van der Waals surface area (Å²) in [5.74, 6) is 0. The van der Waals surface area contributed by atoms with Crippen LogP contribution < -0.4 is 0 Å². The van der Waals surface area contributed by atoms with Gasteiger partial charge in [-0.15, -0.1) is 0 Å². The van der Waals surface area contributed by atoms with Crippen LogP contribution in [-0.4, -0.2) is 0 Å². The molecule has 2 heteroatoms. The first-order valence-electron chi connectivity index (χ1n) is 3.12. The lowest BCUT2D eigenvalue weighted by molar-refractivity contribution is 0.106. The predicted molar refractivity (Wildman–Crippen MR) is 40.6 cm³/mol. The van der Waals surface area contributed by atoms with E-state index in [1.165, 1.54) is 0 Å². The van der Waals surface area contributed by atoms with Crippen molar-refractivity contribution in [3.05, 3.63) is 34.9 Å². The van der Waals surface area contributed by atoms with Gasteiger partial charge in [0, 0.05) is 10.6 Å². The molecule has 0 spiro atoms. The molecule has 1 aromatic carbocycles. The average Bonchev–Trinajstić information content (AvgIpc) is 1.88. The number of rotatable bonds is 1. The first kappa shape index (κ1) is 7.58. The van der Waals surface area contributed by atoms with Gasteiger partial charge in [0.05, 0.1) is 0 Å². The minimum Gasteiger partial charge on any atom is -0.228 e. The smallest absolute Gasteiger partial charge is 0.117 e. The highest BCUT2D eigenvalue weighted by Gasteiger charge is 2.04. The summed E-state index contributed by atoms with van der Waals surface area (Å²) in [5, 5.41) is 11.4. The molecule has 0 amide bonds. The molecule has 0 saturated carbocycles. The molecule has 1 unspecified atom stereocenters. The highest BCUT2D eigenvalue weighted by atomic mass is 35.5. The van der Waals surface area contributed by atoms with Crippen molar-refractivity contribution in [3.8, 4) is 0 Å². The first-order valence-corrected chi connectivity index (χ1v) is 3.50. The molecule has 10 heavy (non-hydrogen) atoms. The van der Waals surface area contributed by atoms with E-state index >= 15 is 0 Å². The lowest BCUT2D eigenvalue weighted by Crippen LogP contribution is -1.88. The van der Waals surface area contributed by atoms with Crippen LogP contribution in [0.15, 0.2) is 24.3 Å². The quantitative estimate of drug-likeness (QED) is 0.595. The molecule has 1 aromatic rings. The Morgan fingerprint density at radius 1 is 1.40 bits per heavy atom. The van der Waals surface area contributed by atoms with Gasteiger partial charge in [0.1, 0.15) is 6.10 Å². The number of benzene rings is 1. The molecule has 0 heterocycles. The molecule has 53 valence electrons. The van der Waals surface area contributed by atoms with Crippen molar-refractivity contribution in [2.45, 2.75) is 13.0 Å². The van der Waals surface area contributed by atoms with Gasteiger partial charge in [0.2, 0.25) is 0 Å². The SMILES string of the molecule is CC([O])c1ccccc1Cl. The third kappa shape index (κ3) is 1.49. The van der Waals surface area contributed by atoms with Gasteiger partial charge in [0.25, 0.3) is 0 Å². The number of hydrogen-bond acceptors (Lipinski definition) is 0. The zero-order valence-corrected chi connectivity index (χ0v) is 6.43. The molecular weight excluding hydrogens is 148 g/mol. The Balaban J connectivity index is 3.03. The van der Waals surface area contributed by atoms with Crippen molar-refractivity contribution in [2.24, 2.45) is 0 Å². The molecule has 0 N–H and O–H groups in total. The zero-order valence-electron chi connectivity index (χ0n) is 5.67. The minimum atomic E-state index is -0.728. The van der Waals surface area contributed by atoms with Gasteiger partial charge in [-0.05, 0) is 13.0 Å². The molecule has 0 saturated heterocycles. The second-order valence-corrected chi connectivity index (χ2v) is 2.57. The maximum absolute atomic E-state index is 10.9. The predicted octanol–water partition coefficient (Wildman–Crippen LogP) is 2.83. The van der Waals surface area contributed by atoms with Crippen molar-refractivity contribution < 1.29 is 5.11 Å². The molecule has 0 aliphatic rings. The Bertz CT molecular complexity index is 220. The van der Waals surface area contributed by atoms with E-state index < -0.39 is 6.10 Å². The van der Waals surface area contributed by atoms with Crippen molar-refractivity contribution in [1.82, 2.24) is 0 Å². The monoisotopic (exact) mass is 155 g/mol. The Kier molecular flexibility index (Phi) is 2.30. The van der Waals surface area contributed by atoms with Crippen LogP contribution in [0.3, 0.4) is 0 Å². The van der Waals surface area contributed by atoms with Crippen molar-refractivity contribution in [2.75, 3.05) is 0 Å². The Morgan fingerprint density at radius 3 is 2.40 bits per heavy atom. The van der Waals surface area contributed by atoms with Crippen LogP contribution in [0.2, 0.25) is 5.02 Å². The third-order valence-electron chi connectivity index (χ3n) is 1.34. The van der Waals surface area contributed by atoms with E-state index in [1.807, 2.05) is 12.1 Å². The molecule has 1 radical (unpaired) electrons. The molecule has 1 atom stereocenters. The summed E-state index contributed by atoms with van der Waals surface area (Å²) in [6, 6.07) is 7.11. The molecular formula is C8H8ClO. The summed E-state index contributed by atoms with van der Waals surface area (Å²) in [4.78, 5) is 0. The van der Waals surface area contributed by atoms with Gasteiger partial charge in [-0.1, -0.05) is 29.8 Å². The molecule has 1 nitrogen and oxygen atoms in total. The molecule has 0 aliphatic heterocycles. The van der Waals surface area contributed by atoms with Crippen LogP contribution in [0.1, 0.15) is 18.6 Å².